The van der Waals surface area contributed by atoms with Crippen molar-refractivity contribution in [1.82, 2.24) is 5.32 Å². The molecule has 0 spiro atoms. The van der Waals surface area contributed by atoms with E-state index in [-0.39, 0.29) is 17.9 Å². The van der Waals surface area contributed by atoms with Gasteiger partial charge < -0.3 is 14.8 Å². The number of hydrogen-bond donors (Lipinski definition) is 1. The fourth-order valence-electron chi connectivity index (χ4n) is 2.88. The third kappa shape index (κ3) is 4.83. The zero-order valence-electron chi connectivity index (χ0n) is 13.4. The Morgan fingerprint density at radius 3 is 2.77 bits per heavy atom. The second-order valence-corrected chi connectivity index (χ2v) is 6.17. The summed E-state index contributed by atoms with van der Waals surface area (Å²) in [5.74, 6) is -0.572. The van der Waals surface area contributed by atoms with E-state index in [1.165, 1.54) is 6.42 Å². The van der Waals surface area contributed by atoms with Gasteiger partial charge in [-0.25, -0.2) is 4.79 Å². The smallest absolute Gasteiger partial charge is 0.336 e. The number of rotatable bonds is 9. The number of nitrogens with one attached hydrogen (secondary N) is 1. The van der Waals surface area contributed by atoms with Crippen molar-refractivity contribution in [3.05, 3.63) is 12.2 Å². The zero-order valence-corrected chi connectivity index (χ0v) is 13.4. The highest BCUT2D eigenvalue weighted by molar-refractivity contribution is 5.99. The summed E-state index contributed by atoms with van der Waals surface area (Å²) in [6, 6.07) is -0.256. The van der Waals surface area contributed by atoms with Crippen LogP contribution in [0.2, 0.25) is 0 Å². The fraction of sp³-hybridized carbons (Fsp3) is 0.765. The summed E-state index contributed by atoms with van der Waals surface area (Å²) in [5.41, 5.74) is 0.397. The third-order valence-electron chi connectivity index (χ3n) is 4.35. The first kappa shape index (κ1) is 17.0. The summed E-state index contributed by atoms with van der Waals surface area (Å²) in [6.07, 6.45) is 7.53. The molecule has 3 unspecified atom stereocenters. The van der Waals surface area contributed by atoms with E-state index in [1.54, 1.807) is 0 Å². The van der Waals surface area contributed by atoms with Crippen LogP contribution in [0.5, 0.6) is 0 Å². The predicted octanol–water partition coefficient (Wildman–Crippen LogP) is 2.70. The van der Waals surface area contributed by atoms with Crippen LogP contribution in [0, 0.1) is 5.92 Å². The van der Waals surface area contributed by atoms with Crippen LogP contribution in [0.15, 0.2) is 12.2 Å². The van der Waals surface area contributed by atoms with Crippen LogP contribution in [-0.4, -0.2) is 30.8 Å². The molecule has 2 rings (SSSR count). The maximum Gasteiger partial charge on any atom is 0.336 e. The molecule has 0 aromatic carbocycles. The number of carbonyl (C=O) groups is 2. The van der Waals surface area contributed by atoms with Gasteiger partial charge in [-0.2, -0.15) is 0 Å². The lowest BCUT2D eigenvalue weighted by Crippen LogP contribution is -2.29. The van der Waals surface area contributed by atoms with E-state index >= 15 is 0 Å². The Labute approximate surface area is 132 Å². The van der Waals surface area contributed by atoms with Gasteiger partial charge in [0.15, 0.2) is 0 Å². The maximum absolute atomic E-state index is 12.2. The van der Waals surface area contributed by atoms with E-state index in [2.05, 4.69) is 18.8 Å². The largest absolute Gasteiger partial charge is 0.432 e. The second-order valence-electron chi connectivity index (χ2n) is 6.17. The highest BCUT2D eigenvalue weighted by Gasteiger charge is 2.43. The normalized spacial score (nSPS) is 25.2. The van der Waals surface area contributed by atoms with Crippen LogP contribution in [0.4, 0.5) is 0 Å². The van der Waals surface area contributed by atoms with Gasteiger partial charge in [0.25, 0.3) is 0 Å². The molecule has 0 aromatic rings. The minimum atomic E-state index is -0.457. The average molecular weight is 309 g/mol. The first-order chi connectivity index (χ1) is 10.6. The Kier molecular flexibility index (Phi) is 6.43. The monoisotopic (exact) mass is 309 g/mol. The van der Waals surface area contributed by atoms with E-state index < -0.39 is 12.3 Å². The summed E-state index contributed by atoms with van der Waals surface area (Å²) < 4.78 is 10.8. The van der Waals surface area contributed by atoms with Crippen molar-refractivity contribution in [2.24, 2.45) is 5.92 Å². The van der Waals surface area contributed by atoms with Crippen LogP contribution >= 0.6 is 0 Å². The van der Waals surface area contributed by atoms with E-state index in [1.807, 2.05) is 0 Å². The van der Waals surface area contributed by atoms with Gasteiger partial charge in [0.1, 0.15) is 6.04 Å². The van der Waals surface area contributed by atoms with Crippen molar-refractivity contribution < 1.29 is 19.1 Å². The topological polar surface area (TPSA) is 74.5 Å². The van der Waals surface area contributed by atoms with E-state index in [0.717, 1.165) is 44.9 Å². The molecule has 0 saturated carbocycles. The summed E-state index contributed by atoms with van der Waals surface area (Å²) in [6.45, 7) is 6.68. The highest BCUT2D eigenvalue weighted by Crippen LogP contribution is 2.28. The molecule has 2 fully saturated rings. The Hall–Kier alpha value is -1.36. The minimum Gasteiger partial charge on any atom is -0.432 e. The van der Waals surface area contributed by atoms with E-state index in [4.69, 9.17) is 9.47 Å². The molecule has 3 atom stereocenters. The van der Waals surface area contributed by atoms with Crippen molar-refractivity contribution in [2.45, 2.75) is 70.6 Å². The standard InChI is InChI=1S/C17H27NO4/c1-3-4-5-6-9-13(15-16(19)18-15)12(2)17(20)22-14-10-7-8-11-21-14/h13-15H,2-11H2,1H3,(H,18,19). The molecule has 1 amide bonds. The van der Waals surface area contributed by atoms with Crippen molar-refractivity contribution >= 4 is 11.9 Å². The predicted molar refractivity (Wildman–Crippen MR) is 83.0 cm³/mol. The molecule has 5 heteroatoms. The number of hydrogen-bond acceptors (Lipinski definition) is 4. The van der Waals surface area contributed by atoms with Crippen molar-refractivity contribution in [3.8, 4) is 0 Å². The van der Waals surface area contributed by atoms with Gasteiger partial charge in [-0.05, 0) is 19.3 Å². The Morgan fingerprint density at radius 2 is 2.18 bits per heavy atom. The molecular formula is C17H27NO4. The van der Waals surface area contributed by atoms with Crippen molar-refractivity contribution in [3.63, 3.8) is 0 Å². The molecule has 2 saturated heterocycles. The minimum absolute atomic E-state index is 0.00311. The first-order valence-electron chi connectivity index (χ1n) is 8.45. The molecule has 5 nitrogen and oxygen atoms in total. The fourth-order valence-corrected chi connectivity index (χ4v) is 2.88. The molecule has 2 heterocycles. The number of esters is 1. The summed E-state index contributed by atoms with van der Waals surface area (Å²) in [7, 11) is 0. The molecule has 0 bridgehead atoms. The van der Waals surface area contributed by atoms with Crippen molar-refractivity contribution in [1.29, 1.82) is 0 Å². The summed E-state index contributed by atoms with van der Waals surface area (Å²) in [4.78, 5) is 23.6. The molecule has 22 heavy (non-hydrogen) atoms. The molecule has 1 N–H and O–H groups in total. The van der Waals surface area contributed by atoms with E-state index in [9.17, 15) is 9.59 Å². The SMILES string of the molecule is C=C(C(=O)OC1CCCCO1)C(CCCCCC)C1NC1=O. The quantitative estimate of drug-likeness (QED) is 0.307. The third-order valence-corrected chi connectivity index (χ3v) is 4.35. The van der Waals surface area contributed by atoms with Crippen LogP contribution in [0.3, 0.4) is 0 Å². The summed E-state index contributed by atoms with van der Waals surface area (Å²) >= 11 is 0. The van der Waals surface area contributed by atoms with Gasteiger partial charge in [-0.3, -0.25) is 4.79 Å². The molecule has 2 aliphatic rings. The molecule has 2 aliphatic heterocycles. The Morgan fingerprint density at radius 1 is 1.41 bits per heavy atom. The molecule has 124 valence electrons. The lowest BCUT2D eigenvalue weighted by molar-refractivity contribution is -0.182. The van der Waals surface area contributed by atoms with Gasteiger partial charge >= 0.3 is 5.97 Å². The van der Waals surface area contributed by atoms with Gasteiger partial charge in [0.2, 0.25) is 12.2 Å². The lowest BCUT2D eigenvalue weighted by Gasteiger charge is -2.24. The average Bonchev–Trinajstić information content (AvgIpc) is 3.24. The molecular weight excluding hydrogens is 282 g/mol. The second kappa shape index (κ2) is 8.32. The number of ether oxygens (including phenoxy) is 2. The van der Waals surface area contributed by atoms with Crippen LogP contribution < -0.4 is 5.32 Å². The number of carbonyl (C=O) groups excluding carboxylic acids is 2. The lowest BCUT2D eigenvalue weighted by atomic mass is 9.90. The zero-order chi connectivity index (χ0) is 15.9. The molecule has 0 radical (unpaired) electrons. The first-order valence-corrected chi connectivity index (χ1v) is 8.45. The van der Waals surface area contributed by atoms with Crippen LogP contribution in [0.25, 0.3) is 0 Å². The van der Waals surface area contributed by atoms with Gasteiger partial charge in [-0.15, -0.1) is 0 Å². The number of unbranched alkanes of at least 4 members (excludes halogenated alkanes) is 3. The van der Waals surface area contributed by atoms with Gasteiger partial charge in [0, 0.05) is 17.9 Å². The van der Waals surface area contributed by atoms with Crippen LogP contribution in [-0.2, 0) is 19.1 Å². The molecule has 0 aromatic heterocycles. The highest BCUT2D eigenvalue weighted by atomic mass is 16.7. The molecule has 0 aliphatic carbocycles. The summed E-state index contributed by atoms with van der Waals surface area (Å²) in [5, 5.41) is 2.77. The van der Waals surface area contributed by atoms with Gasteiger partial charge in [0.05, 0.1) is 6.61 Å². The van der Waals surface area contributed by atoms with Gasteiger partial charge in [-0.1, -0.05) is 39.2 Å². The van der Waals surface area contributed by atoms with Crippen molar-refractivity contribution in [2.75, 3.05) is 6.61 Å². The maximum atomic E-state index is 12.2. The van der Waals surface area contributed by atoms with Crippen LogP contribution in [0.1, 0.15) is 58.3 Å². The Balaban J connectivity index is 1.84. The van der Waals surface area contributed by atoms with E-state index in [0.29, 0.717) is 12.2 Å². The Bertz CT molecular complexity index is 415. The number of amides is 1.